The van der Waals surface area contributed by atoms with Crippen molar-refractivity contribution in [2.75, 3.05) is 19.4 Å². The number of hydrogen-bond donors (Lipinski definition) is 1. The van der Waals surface area contributed by atoms with Crippen LogP contribution < -0.4 is 16.6 Å². The second-order valence-electron chi connectivity index (χ2n) is 7.41. The van der Waals surface area contributed by atoms with Crippen molar-refractivity contribution in [3.63, 3.8) is 0 Å². The summed E-state index contributed by atoms with van der Waals surface area (Å²) in [6.07, 6.45) is 1.42. The number of carbonyl (C=O) groups is 2. The fourth-order valence-corrected chi connectivity index (χ4v) is 3.08. The maximum atomic E-state index is 12.8. The third-order valence-electron chi connectivity index (χ3n) is 4.80. The van der Waals surface area contributed by atoms with Gasteiger partial charge in [0.05, 0.1) is 6.54 Å². The van der Waals surface area contributed by atoms with Crippen LogP contribution in [0.3, 0.4) is 0 Å². The van der Waals surface area contributed by atoms with Gasteiger partial charge < -0.3 is 10.2 Å². The molecule has 0 spiro atoms. The number of benzene rings is 2. The van der Waals surface area contributed by atoms with Gasteiger partial charge in [0.1, 0.15) is 6.54 Å². The van der Waals surface area contributed by atoms with E-state index in [-0.39, 0.29) is 12.5 Å². The minimum absolute atomic E-state index is 0.196. The second-order valence-corrected chi connectivity index (χ2v) is 7.41. The molecule has 31 heavy (non-hydrogen) atoms. The maximum absolute atomic E-state index is 12.8. The van der Waals surface area contributed by atoms with E-state index < -0.39 is 23.7 Å². The number of rotatable bonds is 6. The summed E-state index contributed by atoms with van der Waals surface area (Å²) in [6, 6.07) is 15.6. The molecule has 0 unspecified atom stereocenters. The van der Waals surface area contributed by atoms with Crippen LogP contribution in [0.2, 0.25) is 0 Å². The highest BCUT2D eigenvalue weighted by Gasteiger charge is 2.14. The first-order valence-corrected chi connectivity index (χ1v) is 9.72. The van der Waals surface area contributed by atoms with Gasteiger partial charge in [0.15, 0.2) is 0 Å². The number of anilines is 1. The number of carbonyl (C=O) groups excluding carboxylic acids is 2. The van der Waals surface area contributed by atoms with Gasteiger partial charge in [0, 0.05) is 37.6 Å². The molecule has 160 valence electrons. The molecule has 3 rings (SSSR count). The summed E-state index contributed by atoms with van der Waals surface area (Å²) in [4.78, 5) is 51.2. The van der Waals surface area contributed by atoms with Gasteiger partial charge in [-0.05, 0) is 30.2 Å². The fraction of sp³-hybridized carbons (Fsp3) is 0.217. The summed E-state index contributed by atoms with van der Waals surface area (Å²) in [6.45, 7) is 1.65. The van der Waals surface area contributed by atoms with E-state index in [0.29, 0.717) is 11.3 Å². The molecule has 0 bridgehead atoms. The van der Waals surface area contributed by atoms with Crippen LogP contribution in [0.1, 0.15) is 21.5 Å². The highest BCUT2D eigenvalue weighted by atomic mass is 16.2. The molecule has 0 aliphatic heterocycles. The lowest BCUT2D eigenvalue weighted by Crippen LogP contribution is -2.41. The predicted octanol–water partition coefficient (Wildman–Crippen LogP) is 1.71. The molecule has 0 aliphatic rings. The van der Waals surface area contributed by atoms with Crippen LogP contribution in [-0.4, -0.2) is 39.9 Å². The molecule has 8 heteroatoms. The Hall–Kier alpha value is -3.94. The van der Waals surface area contributed by atoms with Gasteiger partial charge in [-0.3, -0.25) is 23.5 Å². The van der Waals surface area contributed by atoms with Gasteiger partial charge in [0.2, 0.25) is 5.91 Å². The van der Waals surface area contributed by atoms with Crippen molar-refractivity contribution in [3.8, 4) is 0 Å². The third-order valence-corrected chi connectivity index (χ3v) is 4.80. The molecule has 2 amide bonds. The first kappa shape index (κ1) is 21.8. The highest BCUT2D eigenvalue weighted by Crippen LogP contribution is 2.18. The molecule has 0 atom stereocenters. The molecule has 0 saturated carbocycles. The fourth-order valence-electron chi connectivity index (χ4n) is 3.08. The molecule has 1 aromatic heterocycles. The molecule has 1 heterocycles. The maximum Gasteiger partial charge on any atom is 0.331 e. The number of hydrogen-bond acceptors (Lipinski definition) is 4. The van der Waals surface area contributed by atoms with Crippen LogP contribution in [-0.2, 0) is 17.9 Å². The molecule has 8 nitrogen and oxygen atoms in total. The molecule has 3 aromatic rings. The first-order valence-electron chi connectivity index (χ1n) is 9.72. The van der Waals surface area contributed by atoms with E-state index in [4.69, 9.17) is 0 Å². The van der Waals surface area contributed by atoms with Crippen LogP contribution >= 0.6 is 0 Å². The summed E-state index contributed by atoms with van der Waals surface area (Å²) in [7, 11) is 3.28. The van der Waals surface area contributed by atoms with E-state index in [2.05, 4.69) is 5.32 Å². The van der Waals surface area contributed by atoms with E-state index in [0.717, 1.165) is 15.7 Å². The van der Waals surface area contributed by atoms with E-state index in [9.17, 15) is 19.2 Å². The van der Waals surface area contributed by atoms with Crippen LogP contribution in [0.4, 0.5) is 5.69 Å². The highest BCUT2D eigenvalue weighted by molar-refractivity contribution is 5.97. The van der Waals surface area contributed by atoms with Crippen molar-refractivity contribution in [1.82, 2.24) is 14.0 Å². The zero-order valence-corrected chi connectivity index (χ0v) is 17.7. The molecule has 0 fully saturated rings. The Morgan fingerprint density at radius 2 is 1.71 bits per heavy atom. The van der Waals surface area contributed by atoms with Gasteiger partial charge in [-0.1, -0.05) is 36.4 Å². The van der Waals surface area contributed by atoms with Gasteiger partial charge in [-0.15, -0.1) is 0 Å². The quantitative estimate of drug-likeness (QED) is 0.657. The number of nitrogens with one attached hydrogen (secondary N) is 1. The third kappa shape index (κ3) is 5.16. The molecule has 0 saturated heterocycles. The van der Waals surface area contributed by atoms with E-state index >= 15 is 0 Å². The van der Waals surface area contributed by atoms with Crippen molar-refractivity contribution in [2.45, 2.75) is 20.0 Å². The smallest absolute Gasteiger partial charge is 0.331 e. The number of aryl methyl sites for hydroxylation is 1. The summed E-state index contributed by atoms with van der Waals surface area (Å²) >= 11 is 0. The second kappa shape index (κ2) is 9.25. The lowest BCUT2D eigenvalue weighted by atomic mass is 10.1. The predicted molar refractivity (Wildman–Crippen MR) is 118 cm³/mol. The summed E-state index contributed by atoms with van der Waals surface area (Å²) in [5.74, 6) is -0.729. The molecular weight excluding hydrogens is 396 g/mol. The topological polar surface area (TPSA) is 93.4 Å². The van der Waals surface area contributed by atoms with E-state index in [1.807, 2.05) is 30.3 Å². The minimum Gasteiger partial charge on any atom is -0.345 e. The van der Waals surface area contributed by atoms with Crippen LogP contribution in [0.5, 0.6) is 0 Å². The molecule has 0 aliphatic carbocycles. The Balaban J connectivity index is 1.82. The van der Waals surface area contributed by atoms with Gasteiger partial charge >= 0.3 is 5.69 Å². The van der Waals surface area contributed by atoms with Crippen molar-refractivity contribution >= 4 is 17.5 Å². The van der Waals surface area contributed by atoms with E-state index in [1.165, 1.54) is 21.7 Å². The number of aromatic nitrogens is 2. The normalized spacial score (nSPS) is 10.5. The van der Waals surface area contributed by atoms with Crippen molar-refractivity contribution in [1.29, 1.82) is 0 Å². The zero-order chi connectivity index (χ0) is 22.5. The average Bonchev–Trinajstić information content (AvgIpc) is 2.75. The van der Waals surface area contributed by atoms with Gasteiger partial charge in [0.25, 0.3) is 11.5 Å². The minimum atomic E-state index is -0.570. The Bertz CT molecular complexity index is 1230. The lowest BCUT2D eigenvalue weighted by molar-refractivity contribution is -0.116. The summed E-state index contributed by atoms with van der Waals surface area (Å²) in [5.41, 5.74) is 1.40. The Labute approximate surface area is 179 Å². The van der Waals surface area contributed by atoms with E-state index in [1.54, 1.807) is 39.2 Å². The van der Waals surface area contributed by atoms with Crippen LogP contribution in [0, 0.1) is 6.92 Å². The van der Waals surface area contributed by atoms with Crippen molar-refractivity contribution in [2.24, 2.45) is 0 Å². The van der Waals surface area contributed by atoms with Crippen molar-refractivity contribution in [3.05, 3.63) is 98.3 Å². The Morgan fingerprint density at radius 3 is 2.39 bits per heavy atom. The van der Waals surface area contributed by atoms with Gasteiger partial charge in [-0.2, -0.15) is 0 Å². The van der Waals surface area contributed by atoms with Crippen molar-refractivity contribution < 1.29 is 9.59 Å². The van der Waals surface area contributed by atoms with Crippen LogP contribution in [0.15, 0.2) is 70.4 Å². The first-order chi connectivity index (χ1) is 14.8. The largest absolute Gasteiger partial charge is 0.345 e. The molecule has 2 aromatic carbocycles. The van der Waals surface area contributed by atoms with Crippen LogP contribution in [0.25, 0.3) is 0 Å². The SMILES string of the molecule is Cc1ccc(C(=O)N(C)C)cc1NC(=O)Cn1c(=O)ccn(Cc2ccccc2)c1=O. The lowest BCUT2D eigenvalue weighted by Gasteiger charge is -2.14. The average molecular weight is 420 g/mol. The summed E-state index contributed by atoms with van der Waals surface area (Å²) in [5, 5.41) is 2.70. The molecular formula is C23H24N4O4. The monoisotopic (exact) mass is 420 g/mol. The Kier molecular flexibility index (Phi) is 6.49. The summed E-state index contributed by atoms with van der Waals surface area (Å²) < 4.78 is 2.27. The molecule has 1 N–H and O–H groups in total. The zero-order valence-electron chi connectivity index (χ0n) is 17.7. The standard InChI is InChI=1S/C23H24N4O4/c1-16-9-10-18(22(30)25(2)3)13-19(16)24-20(28)15-27-21(29)11-12-26(23(27)31)14-17-7-5-4-6-8-17/h4-13H,14-15H2,1-3H3,(H,24,28). The number of nitrogens with zero attached hydrogens (tertiary/aromatic N) is 3. The number of amides is 2. The van der Waals surface area contributed by atoms with Gasteiger partial charge in [-0.25, -0.2) is 4.79 Å². The molecule has 0 radical (unpaired) electrons. The Morgan fingerprint density at radius 1 is 1.00 bits per heavy atom.